The molecule has 0 spiro atoms. The molecule has 0 aromatic carbocycles. The maximum absolute atomic E-state index is 5.83. The minimum Gasteiger partial charge on any atom is -0.378 e. The molecule has 0 amide bonds. The van der Waals surface area contributed by atoms with Crippen molar-refractivity contribution in [2.75, 3.05) is 32.8 Å². The van der Waals surface area contributed by atoms with E-state index in [0.29, 0.717) is 17.6 Å². The fourth-order valence-corrected chi connectivity index (χ4v) is 3.00. The van der Waals surface area contributed by atoms with Gasteiger partial charge >= 0.3 is 0 Å². The molecule has 0 bridgehead atoms. The molecule has 18 heavy (non-hydrogen) atoms. The molecule has 0 saturated heterocycles. The first-order valence-electron chi connectivity index (χ1n) is 7.69. The normalized spacial score (nSPS) is 31.7. The Labute approximate surface area is 113 Å². The number of hydrogen-bond donors (Lipinski definition) is 1. The van der Waals surface area contributed by atoms with Gasteiger partial charge in [0.15, 0.2) is 0 Å². The number of rotatable bonds is 9. The van der Waals surface area contributed by atoms with E-state index in [1.54, 1.807) is 0 Å². The Kier molecular flexibility index (Phi) is 6.61. The summed E-state index contributed by atoms with van der Waals surface area (Å²) < 4.78 is 5.83. The van der Waals surface area contributed by atoms with Gasteiger partial charge in [0.25, 0.3) is 0 Å². The van der Waals surface area contributed by atoms with E-state index in [0.717, 1.165) is 32.8 Å². The molecule has 3 unspecified atom stereocenters. The summed E-state index contributed by atoms with van der Waals surface area (Å²) in [7, 11) is 0. The molecule has 1 aliphatic rings. The Balaban J connectivity index is 2.31. The Morgan fingerprint density at radius 1 is 1.22 bits per heavy atom. The van der Waals surface area contributed by atoms with Crippen LogP contribution in [-0.2, 0) is 4.74 Å². The topological polar surface area (TPSA) is 24.5 Å². The monoisotopic (exact) mass is 256 g/mol. The van der Waals surface area contributed by atoms with Gasteiger partial charge in [0, 0.05) is 31.2 Å². The molecule has 0 aliphatic heterocycles. The lowest BCUT2D eigenvalue weighted by Gasteiger charge is -2.54. The number of hydrogen-bond acceptors (Lipinski definition) is 3. The maximum Gasteiger partial charge on any atom is 0.0658 e. The third-order valence-corrected chi connectivity index (χ3v) is 4.82. The van der Waals surface area contributed by atoms with E-state index in [1.165, 1.54) is 12.8 Å². The minimum atomic E-state index is 0.333. The Morgan fingerprint density at radius 3 is 2.39 bits per heavy atom. The van der Waals surface area contributed by atoms with Gasteiger partial charge in [-0.25, -0.2) is 0 Å². The number of nitrogens with one attached hydrogen (secondary N) is 1. The fraction of sp³-hybridized carbons (Fsp3) is 1.00. The summed E-state index contributed by atoms with van der Waals surface area (Å²) in [6.45, 7) is 16.6. The average Bonchev–Trinajstić information content (AvgIpc) is 2.40. The summed E-state index contributed by atoms with van der Waals surface area (Å²) >= 11 is 0. The van der Waals surface area contributed by atoms with E-state index in [4.69, 9.17) is 4.74 Å². The number of ether oxygens (including phenoxy) is 1. The van der Waals surface area contributed by atoms with Gasteiger partial charge in [-0.15, -0.1) is 0 Å². The zero-order valence-corrected chi connectivity index (χ0v) is 13.0. The van der Waals surface area contributed by atoms with E-state index in [9.17, 15) is 0 Å². The quantitative estimate of drug-likeness (QED) is 0.686. The van der Waals surface area contributed by atoms with Crippen molar-refractivity contribution in [1.29, 1.82) is 0 Å². The lowest BCUT2D eigenvalue weighted by atomic mass is 9.61. The van der Waals surface area contributed by atoms with Gasteiger partial charge < -0.3 is 15.0 Å². The third kappa shape index (κ3) is 3.46. The summed E-state index contributed by atoms with van der Waals surface area (Å²) in [5.74, 6) is 0. The van der Waals surface area contributed by atoms with Gasteiger partial charge in [0.2, 0.25) is 0 Å². The van der Waals surface area contributed by atoms with E-state index in [1.807, 2.05) is 0 Å². The molecule has 1 N–H and O–H groups in total. The standard InChI is InChI=1S/C15H32N2O/c1-6-15(5)13(12-14(15)18-9-4)16-10-11-17(7-2)8-3/h13-14,16H,6-12H2,1-5H3. The first-order chi connectivity index (χ1) is 8.62. The molecular weight excluding hydrogens is 224 g/mol. The highest BCUT2D eigenvalue weighted by Gasteiger charge is 2.50. The highest BCUT2D eigenvalue weighted by molar-refractivity contribution is 5.04. The SMILES string of the molecule is CCOC1CC(NCCN(CC)CC)C1(C)CC. The molecule has 0 aromatic heterocycles. The predicted octanol–water partition coefficient (Wildman–Crippen LogP) is 2.51. The summed E-state index contributed by atoms with van der Waals surface area (Å²) in [4.78, 5) is 2.47. The molecule has 3 nitrogen and oxygen atoms in total. The second-order valence-electron chi connectivity index (χ2n) is 5.57. The van der Waals surface area contributed by atoms with Crippen molar-refractivity contribution in [1.82, 2.24) is 10.2 Å². The molecule has 1 rings (SSSR count). The van der Waals surface area contributed by atoms with Crippen LogP contribution in [0.4, 0.5) is 0 Å². The first kappa shape index (κ1) is 15.9. The van der Waals surface area contributed by atoms with Gasteiger partial charge in [0.05, 0.1) is 6.10 Å². The largest absolute Gasteiger partial charge is 0.378 e. The van der Waals surface area contributed by atoms with Gasteiger partial charge in [0.1, 0.15) is 0 Å². The Morgan fingerprint density at radius 2 is 1.89 bits per heavy atom. The molecule has 108 valence electrons. The van der Waals surface area contributed by atoms with Crippen molar-refractivity contribution in [2.24, 2.45) is 5.41 Å². The molecule has 1 fully saturated rings. The second kappa shape index (κ2) is 7.46. The van der Waals surface area contributed by atoms with Crippen molar-refractivity contribution in [2.45, 2.75) is 59.6 Å². The summed E-state index contributed by atoms with van der Waals surface area (Å²) in [5, 5.41) is 3.73. The maximum atomic E-state index is 5.83. The smallest absolute Gasteiger partial charge is 0.0658 e. The Bertz CT molecular complexity index is 231. The summed E-state index contributed by atoms with van der Waals surface area (Å²) in [5.41, 5.74) is 0.333. The minimum absolute atomic E-state index is 0.333. The van der Waals surface area contributed by atoms with Crippen LogP contribution in [0.5, 0.6) is 0 Å². The number of nitrogens with zero attached hydrogens (tertiary/aromatic N) is 1. The molecule has 1 saturated carbocycles. The highest BCUT2D eigenvalue weighted by Crippen LogP contribution is 2.45. The predicted molar refractivity (Wildman–Crippen MR) is 78.0 cm³/mol. The second-order valence-corrected chi connectivity index (χ2v) is 5.57. The van der Waals surface area contributed by atoms with Crippen LogP contribution in [0.1, 0.15) is 47.5 Å². The van der Waals surface area contributed by atoms with Crippen molar-refractivity contribution < 1.29 is 4.74 Å². The van der Waals surface area contributed by atoms with E-state index in [2.05, 4.69) is 44.8 Å². The summed E-state index contributed by atoms with van der Waals surface area (Å²) in [6, 6.07) is 0.634. The van der Waals surface area contributed by atoms with Gasteiger partial charge in [-0.05, 0) is 32.9 Å². The molecular formula is C15H32N2O. The first-order valence-corrected chi connectivity index (χ1v) is 7.69. The zero-order valence-electron chi connectivity index (χ0n) is 13.0. The molecule has 3 atom stereocenters. The van der Waals surface area contributed by atoms with Gasteiger partial charge in [-0.1, -0.05) is 27.7 Å². The van der Waals surface area contributed by atoms with Crippen LogP contribution in [0.3, 0.4) is 0 Å². The lowest BCUT2D eigenvalue weighted by molar-refractivity contribution is -0.125. The lowest BCUT2D eigenvalue weighted by Crippen LogP contribution is -2.62. The third-order valence-electron chi connectivity index (χ3n) is 4.82. The van der Waals surface area contributed by atoms with Crippen molar-refractivity contribution in [3.05, 3.63) is 0 Å². The molecule has 0 aromatic rings. The average molecular weight is 256 g/mol. The van der Waals surface area contributed by atoms with Crippen molar-refractivity contribution >= 4 is 0 Å². The van der Waals surface area contributed by atoms with Crippen molar-refractivity contribution in [3.63, 3.8) is 0 Å². The van der Waals surface area contributed by atoms with Crippen LogP contribution >= 0.6 is 0 Å². The van der Waals surface area contributed by atoms with E-state index in [-0.39, 0.29) is 0 Å². The molecule has 0 heterocycles. The highest BCUT2D eigenvalue weighted by atomic mass is 16.5. The molecule has 3 heteroatoms. The van der Waals surface area contributed by atoms with Crippen LogP contribution < -0.4 is 5.32 Å². The summed E-state index contributed by atoms with van der Waals surface area (Å²) in [6.07, 6.45) is 2.83. The zero-order chi connectivity index (χ0) is 13.6. The van der Waals surface area contributed by atoms with Crippen LogP contribution in [0.15, 0.2) is 0 Å². The van der Waals surface area contributed by atoms with E-state index < -0.39 is 0 Å². The number of likely N-dealkylation sites (N-methyl/N-ethyl adjacent to an activating group) is 1. The van der Waals surface area contributed by atoms with Crippen LogP contribution in [0.2, 0.25) is 0 Å². The van der Waals surface area contributed by atoms with Crippen LogP contribution in [0.25, 0.3) is 0 Å². The Hall–Kier alpha value is -0.120. The van der Waals surface area contributed by atoms with Crippen LogP contribution in [0, 0.1) is 5.41 Å². The van der Waals surface area contributed by atoms with Gasteiger partial charge in [-0.3, -0.25) is 0 Å². The van der Waals surface area contributed by atoms with E-state index >= 15 is 0 Å². The van der Waals surface area contributed by atoms with Crippen molar-refractivity contribution in [3.8, 4) is 0 Å². The van der Waals surface area contributed by atoms with Crippen LogP contribution in [-0.4, -0.2) is 49.8 Å². The molecule has 1 aliphatic carbocycles. The fourth-order valence-electron chi connectivity index (χ4n) is 3.00. The molecule has 0 radical (unpaired) electrons. The van der Waals surface area contributed by atoms with Gasteiger partial charge in [-0.2, -0.15) is 0 Å².